The van der Waals surface area contributed by atoms with Gasteiger partial charge in [-0.1, -0.05) is 17.8 Å². The number of aromatic nitrogens is 3. The van der Waals surface area contributed by atoms with Crippen molar-refractivity contribution in [2.24, 2.45) is 0 Å². The Morgan fingerprint density at radius 1 is 1.09 bits per heavy atom. The molecule has 2 fully saturated rings. The van der Waals surface area contributed by atoms with Crippen molar-refractivity contribution < 1.29 is 9.18 Å². The van der Waals surface area contributed by atoms with Crippen molar-refractivity contribution in [2.75, 3.05) is 26.2 Å². The van der Waals surface area contributed by atoms with E-state index >= 15 is 0 Å². The van der Waals surface area contributed by atoms with Gasteiger partial charge in [0.1, 0.15) is 15.8 Å². The van der Waals surface area contributed by atoms with Crippen molar-refractivity contribution >= 4 is 28.0 Å². The summed E-state index contributed by atoms with van der Waals surface area (Å²) in [6.45, 7) is 5.90. The lowest BCUT2D eigenvalue weighted by Gasteiger charge is -2.40. The first-order valence-corrected chi connectivity index (χ1v) is 12.3. The van der Waals surface area contributed by atoms with E-state index in [-0.39, 0.29) is 18.1 Å². The van der Waals surface area contributed by atoms with Crippen LogP contribution in [0.2, 0.25) is 0 Å². The van der Waals surface area contributed by atoms with Gasteiger partial charge in [-0.15, -0.1) is 10.2 Å². The van der Waals surface area contributed by atoms with Crippen molar-refractivity contribution in [1.29, 1.82) is 0 Å². The molecule has 0 atom stereocenters. The number of piperidine rings is 2. The summed E-state index contributed by atoms with van der Waals surface area (Å²) in [6, 6.07) is 5.82. The smallest absolute Gasteiger partial charge is 0.228 e. The van der Waals surface area contributed by atoms with E-state index in [9.17, 15) is 9.18 Å². The molecule has 2 aromatic heterocycles. The van der Waals surface area contributed by atoms with Gasteiger partial charge in [-0.2, -0.15) is 0 Å². The SMILES string of the molecule is Cc1nnc(-c2cc(F)c3cnc(CC(=O)N4CCC(N5CCCCC5)CC4)cc3c2)s1. The lowest BCUT2D eigenvalue weighted by molar-refractivity contribution is -0.132. The van der Waals surface area contributed by atoms with Crippen molar-refractivity contribution in [3.05, 3.63) is 40.9 Å². The number of pyridine rings is 1. The summed E-state index contributed by atoms with van der Waals surface area (Å²) in [5.41, 5.74) is 1.37. The fraction of sp³-hybridized carbons (Fsp3) is 0.500. The molecule has 8 heteroatoms. The topological polar surface area (TPSA) is 62.2 Å². The molecule has 2 aliphatic rings. The van der Waals surface area contributed by atoms with Crippen LogP contribution in [0, 0.1) is 12.7 Å². The van der Waals surface area contributed by atoms with Gasteiger partial charge < -0.3 is 9.80 Å². The summed E-state index contributed by atoms with van der Waals surface area (Å²) in [5, 5.41) is 10.9. The number of benzene rings is 1. The van der Waals surface area contributed by atoms with Crippen LogP contribution < -0.4 is 0 Å². The quantitative estimate of drug-likeness (QED) is 0.592. The van der Waals surface area contributed by atoms with Crippen molar-refractivity contribution in [3.63, 3.8) is 0 Å². The van der Waals surface area contributed by atoms with Gasteiger partial charge in [0, 0.05) is 36.3 Å². The van der Waals surface area contributed by atoms with Crippen LogP contribution >= 0.6 is 11.3 Å². The number of carbonyl (C=O) groups excluding carboxylic acids is 1. The number of hydrogen-bond donors (Lipinski definition) is 0. The van der Waals surface area contributed by atoms with E-state index in [1.165, 1.54) is 56.0 Å². The highest BCUT2D eigenvalue weighted by atomic mass is 32.1. The van der Waals surface area contributed by atoms with Gasteiger partial charge in [0.15, 0.2) is 0 Å². The molecule has 2 saturated heterocycles. The van der Waals surface area contributed by atoms with Crippen molar-refractivity contribution in [1.82, 2.24) is 25.0 Å². The molecule has 0 spiro atoms. The summed E-state index contributed by atoms with van der Waals surface area (Å²) in [4.78, 5) is 21.9. The number of hydrogen-bond acceptors (Lipinski definition) is 6. The van der Waals surface area contributed by atoms with E-state index < -0.39 is 0 Å². The monoisotopic (exact) mass is 453 g/mol. The molecule has 5 rings (SSSR count). The molecule has 168 valence electrons. The summed E-state index contributed by atoms with van der Waals surface area (Å²) >= 11 is 1.43. The van der Waals surface area contributed by atoms with E-state index in [0.717, 1.165) is 36.3 Å². The van der Waals surface area contributed by atoms with Crippen molar-refractivity contribution in [3.8, 4) is 10.6 Å². The molecular formula is C24H28FN5OS. The van der Waals surface area contributed by atoms with Gasteiger partial charge in [0.25, 0.3) is 0 Å². The lowest BCUT2D eigenvalue weighted by Crippen LogP contribution is -2.48. The first-order valence-electron chi connectivity index (χ1n) is 11.5. The normalized spacial score (nSPS) is 18.4. The minimum Gasteiger partial charge on any atom is -0.342 e. The van der Waals surface area contributed by atoms with Crippen LogP contribution in [-0.4, -0.2) is 63.1 Å². The number of likely N-dealkylation sites (tertiary alicyclic amines) is 2. The average molecular weight is 454 g/mol. The minimum absolute atomic E-state index is 0.102. The molecule has 0 N–H and O–H groups in total. The first-order chi connectivity index (χ1) is 15.6. The molecule has 0 unspecified atom stereocenters. The number of amides is 1. The molecule has 1 amide bonds. The average Bonchev–Trinajstić information content (AvgIpc) is 3.26. The van der Waals surface area contributed by atoms with Crippen LogP contribution in [0.3, 0.4) is 0 Å². The zero-order valence-electron chi connectivity index (χ0n) is 18.4. The molecule has 0 saturated carbocycles. The third-order valence-corrected chi connectivity index (χ3v) is 7.56. The minimum atomic E-state index is -0.337. The number of nitrogens with zero attached hydrogens (tertiary/aromatic N) is 5. The second-order valence-electron chi connectivity index (χ2n) is 8.87. The second kappa shape index (κ2) is 9.19. The molecule has 0 aliphatic carbocycles. The highest BCUT2D eigenvalue weighted by Crippen LogP contribution is 2.29. The van der Waals surface area contributed by atoms with Gasteiger partial charge >= 0.3 is 0 Å². The number of halogens is 1. The second-order valence-corrected chi connectivity index (χ2v) is 10.0. The van der Waals surface area contributed by atoms with Crippen LogP contribution in [0.1, 0.15) is 42.8 Å². The molecule has 0 radical (unpaired) electrons. The van der Waals surface area contributed by atoms with Crippen molar-refractivity contribution in [2.45, 2.75) is 51.5 Å². The Hall–Kier alpha value is -2.45. The van der Waals surface area contributed by atoms with E-state index in [2.05, 4.69) is 20.1 Å². The molecule has 32 heavy (non-hydrogen) atoms. The maximum atomic E-state index is 14.7. The molecule has 4 heterocycles. The van der Waals surface area contributed by atoms with E-state index in [4.69, 9.17) is 0 Å². The number of aryl methyl sites for hydroxylation is 1. The molecule has 3 aromatic rings. The van der Waals surface area contributed by atoms with Crippen LogP contribution in [0.15, 0.2) is 24.4 Å². The fourth-order valence-electron chi connectivity index (χ4n) is 4.92. The Bertz CT molecular complexity index is 1120. The van der Waals surface area contributed by atoms with Gasteiger partial charge in [0.2, 0.25) is 5.91 Å². The molecular weight excluding hydrogens is 425 g/mol. The van der Waals surface area contributed by atoms with E-state index in [0.29, 0.717) is 27.7 Å². The Kier molecular flexibility index (Phi) is 6.15. The zero-order chi connectivity index (χ0) is 22.1. The van der Waals surface area contributed by atoms with Gasteiger partial charge in [-0.3, -0.25) is 9.78 Å². The number of fused-ring (bicyclic) bond motifs is 1. The van der Waals surface area contributed by atoms with Crippen LogP contribution in [0.5, 0.6) is 0 Å². The van der Waals surface area contributed by atoms with E-state index in [1.807, 2.05) is 24.0 Å². The number of rotatable bonds is 4. The summed E-state index contributed by atoms with van der Waals surface area (Å²) in [5.74, 6) is -0.235. The molecule has 6 nitrogen and oxygen atoms in total. The highest BCUT2D eigenvalue weighted by molar-refractivity contribution is 7.14. The third kappa shape index (κ3) is 4.52. The Balaban J connectivity index is 1.27. The molecule has 2 aliphatic heterocycles. The predicted octanol–water partition coefficient (Wildman–Crippen LogP) is 4.22. The van der Waals surface area contributed by atoms with Crippen LogP contribution in [-0.2, 0) is 11.2 Å². The zero-order valence-corrected chi connectivity index (χ0v) is 19.2. The highest BCUT2D eigenvalue weighted by Gasteiger charge is 2.27. The Morgan fingerprint density at radius 2 is 1.88 bits per heavy atom. The van der Waals surface area contributed by atoms with Crippen LogP contribution in [0.25, 0.3) is 21.3 Å². The molecule has 0 bridgehead atoms. The summed E-state index contributed by atoms with van der Waals surface area (Å²) in [7, 11) is 0. The van der Waals surface area contributed by atoms with E-state index in [1.54, 1.807) is 0 Å². The van der Waals surface area contributed by atoms with Gasteiger partial charge in [-0.25, -0.2) is 4.39 Å². The summed E-state index contributed by atoms with van der Waals surface area (Å²) in [6.07, 6.45) is 7.82. The van der Waals surface area contributed by atoms with Crippen LogP contribution in [0.4, 0.5) is 4.39 Å². The Labute approximate surface area is 191 Å². The summed E-state index contributed by atoms with van der Waals surface area (Å²) < 4.78 is 14.7. The largest absolute Gasteiger partial charge is 0.342 e. The van der Waals surface area contributed by atoms with Gasteiger partial charge in [-0.05, 0) is 69.3 Å². The van der Waals surface area contributed by atoms with Gasteiger partial charge in [0.05, 0.1) is 12.1 Å². The predicted molar refractivity (Wildman–Crippen MR) is 124 cm³/mol. The lowest BCUT2D eigenvalue weighted by atomic mass is 9.99. The molecule has 1 aromatic carbocycles. The third-order valence-electron chi connectivity index (χ3n) is 6.67. The maximum Gasteiger partial charge on any atom is 0.228 e. The number of carbonyl (C=O) groups is 1. The Morgan fingerprint density at radius 3 is 2.59 bits per heavy atom. The fourth-order valence-corrected chi connectivity index (χ4v) is 5.60. The standard InChI is InChI=1S/C24H28FN5OS/c1-16-27-28-24(32-16)18-11-17-12-19(26-15-21(17)22(25)13-18)14-23(31)30-9-5-20(6-10-30)29-7-3-2-4-8-29/h11-13,15,20H,2-10,14H2,1H3. The first kappa shape index (κ1) is 21.4. The maximum absolute atomic E-state index is 14.7.